The van der Waals surface area contributed by atoms with Crippen LogP contribution in [0.25, 0.3) is 0 Å². The van der Waals surface area contributed by atoms with Crippen molar-refractivity contribution in [1.82, 2.24) is 5.48 Å². The van der Waals surface area contributed by atoms with E-state index < -0.39 is 6.10 Å². The summed E-state index contributed by atoms with van der Waals surface area (Å²) in [5, 5.41) is 9.90. The first kappa shape index (κ1) is 14.0. The Hall–Kier alpha value is -1.10. The van der Waals surface area contributed by atoms with Gasteiger partial charge in [0.1, 0.15) is 5.75 Å². The van der Waals surface area contributed by atoms with Crippen molar-refractivity contribution in [2.75, 3.05) is 13.7 Å². The summed E-state index contributed by atoms with van der Waals surface area (Å²) in [5.41, 5.74) is 3.34. The van der Waals surface area contributed by atoms with Gasteiger partial charge < -0.3 is 9.84 Å². The highest BCUT2D eigenvalue weighted by molar-refractivity contribution is 5.28. The molecule has 1 rings (SSSR count). The average molecular weight is 239 g/mol. The van der Waals surface area contributed by atoms with Crippen LogP contribution in [0.2, 0.25) is 0 Å². The fourth-order valence-electron chi connectivity index (χ4n) is 1.28. The van der Waals surface area contributed by atoms with Gasteiger partial charge in [-0.15, -0.1) is 0 Å². The van der Waals surface area contributed by atoms with Crippen molar-refractivity contribution >= 4 is 0 Å². The van der Waals surface area contributed by atoms with Gasteiger partial charge in [-0.3, -0.25) is 4.84 Å². The Kier molecular flexibility index (Phi) is 4.93. The predicted octanol–water partition coefficient (Wildman–Crippen LogP) is 2.05. The molecule has 0 spiro atoms. The Bertz CT molecular complexity index is 330. The minimum absolute atomic E-state index is 0.264. The molecule has 96 valence electrons. The molecule has 1 aromatic carbocycles. The number of ether oxygens (including phenoxy) is 1. The van der Waals surface area contributed by atoms with Crippen LogP contribution in [0.15, 0.2) is 24.3 Å². The van der Waals surface area contributed by atoms with Gasteiger partial charge in [0.05, 0.1) is 25.4 Å². The van der Waals surface area contributed by atoms with Crippen LogP contribution in [0.1, 0.15) is 32.4 Å². The van der Waals surface area contributed by atoms with Crippen molar-refractivity contribution in [3.63, 3.8) is 0 Å². The molecule has 1 atom stereocenters. The summed E-state index contributed by atoms with van der Waals surface area (Å²) in [4.78, 5) is 5.33. The van der Waals surface area contributed by atoms with Crippen molar-refractivity contribution in [3.8, 4) is 5.75 Å². The number of hydrogen-bond acceptors (Lipinski definition) is 4. The van der Waals surface area contributed by atoms with E-state index in [4.69, 9.17) is 9.57 Å². The van der Waals surface area contributed by atoms with Crippen LogP contribution in [0.3, 0.4) is 0 Å². The Balaban J connectivity index is 2.43. The molecule has 0 amide bonds. The van der Waals surface area contributed by atoms with Crippen molar-refractivity contribution in [3.05, 3.63) is 29.8 Å². The maximum atomic E-state index is 9.90. The van der Waals surface area contributed by atoms with Gasteiger partial charge >= 0.3 is 0 Å². The molecular formula is C13H21NO3. The SMILES string of the molecule is COc1ccc(C(O)CNOC(C)(C)C)cc1. The monoisotopic (exact) mass is 239 g/mol. The topological polar surface area (TPSA) is 50.7 Å². The number of rotatable bonds is 5. The van der Waals surface area contributed by atoms with E-state index in [9.17, 15) is 5.11 Å². The standard InChI is InChI=1S/C13H21NO3/c1-13(2,3)17-14-9-12(15)10-5-7-11(16-4)8-6-10/h5-8,12,14-15H,9H2,1-4H3. The maximum Gasteiger partial charge on any atom is 0.118 e. The lowest BCUT2D eigenvalue weighted by molar-refractivity contribution is -0.0834. The van der Waals surface area contributed by atoms with Crippen LogP contribution >= 0.6 is 0 Å². The molecule has 0 aliphatic carbocycles. The van der Waals surface area contributed by atoms with Gasteiger partial charge in [0.15, 0.2) is 0 Å². The first-order valence-electron chi connectivity index (χ1n) is 5.65. The third-order valence-electron chi connectivity index (χ3n) is 2.16. The van der Waals surface area contributed by atoms with E-state index in [1.165, 1.54) is 0 Å². The van der Waals surface area contributed by atoms with E-state index in [1.807, 2.05) is 45.0 Å². The first-order valence-corrected chi connectivity index (χ1v) is 5.65. The Morgan fingerprint density at radius 2 is 1.82 bits per heavy atom. The number of methoxy groups -OCH3 is 1. The molecule has 1 aromatic rings. The minimum Gasteiger partial charge on any atom is -0.497 e. The Labute approximate surface area is 103 Å². The molecule has 2 N–H and O–H groups in total. The summed E-state index contributed by atoms with van der Waals surface area (Å²) < 4.78 is 5.05. The molecule has 17 heavy (non-hydrogen) atoms. The Morgan fingerprint density at radius 1 is 1.24 bits per heavy atom. The molecule has 1 unspecified atom stereocenters. The second-order valence-corrected chi connectivity index (χ2v) is 4.85. The van der Waals surface area contributed by atoms with E-state index >= 15 is 0 Å². The van der Waals surface area contributed by atoms with Crippen LogP contribution < -0.4 is 10.2 Å². The Morgan fingerprint density at radius 3 is 2.29 bits per heavy atom. The zero-order chi connectivity index (χ0) is 12.9. The molecule has 4 nitrogen and oxygen atoms in total. The van der Waals surface area contributed by atoms with E-state index in [-0.39, 0.29) is 5.60 Å². The van der Waals surface area contributed by atoms with Crippen molar-refractivity contribution in [1.29, 1.82) is 0 Å². The lowest BCUT2D eigenvalue weighted by Crippen LogP contribution is -2.31. The molecule has 0 heterocycles. The summed E-state index contributed by atoms with van der Waals surface area (Å²) in [5.74, 6) is 0.778. The first-order chi connectivity index (χ1) is 7.92. The maximum absolute atomic E-state index is 9.90. The lowest BCUT2D eigenvalue weighted by atomic mass is 10.1. The molecule has 0 aromatic heterocycles. The predicted molar refractivity (Wildman–Crippen MR) is 66.8 cm³/mol. The second kappa shape index (κ2) is 6.00. The summed E-state index contributed by atoms with van der Waals surface area (Å²) in [6, 6.07) is 7.32. The fraction of sp³-hybridized carbons (Fsp3) is 0.538. The highest BCUT2D eigenvalue weighted by Gasteiger charge is 2.12. The molecule has 0 aliphatic heterocycles. The van der Waals surface area contributed by atoms with Crippen LogP contribution in [0.5, 0.6) is 5.75 Å². The zero-order valence-corrected chi connectivity index (χ0v) is 10.9. The summed E-state index contributed by atoms with van der Waals surface area (Å²) >= 11 is 0. The highest BCUT2D eigenvalue weighted by Crippen LogP contribution is 2.17. The van der Waals surface area contributed by atoms with Crippen LogP contribution in [-0.4, -0.2) is 24.4 Å². The molecule has 0 aliphatic rings. The van der Waals surface area contributed by atoms with E-state index in [2.05, 4.69) is 5.48 Å². The quantitative estimate of drug-likeness (QED) is 0.772. The fourth-order valence-corrected chi connectivity index (χ4v) is 1.28. The van der Waals surface area contributed by atoms with E-state index in [0.29, 0.717) is 6.54 Å². The lowest BCUT2D eigenvalue weighted by Gasteiger charge is -2.21. The van der Waals surface area contributed by atoms with Crippen molar-refractivity contribution < 1.29 is 14.7 Å². The molecule has 4 heteroatoms. The van der Waals surface area contributed by atoms with Gasteiger partial charge in [0.2, 0.25) is 0 Å². The molecular weight excluding hydrogens is 218 g/mol. The number of aliphatic hydroxyl groups is 1. The molecule has 0 saturated heterocycles. The van der Waals surface area contributed by atoms with Crippen molar-refractivity contribution in [2.45, 2.75) is 32.5 Å². The second-order valence-electron chi connectivity index (χ2n) is 4.85. The molecule has 0 fully saturated rings. The molecule has 0 bridgehead atoms. The largest absolute Gasteiger partial charge is 0.497 e. The van der Waals surface area contributed by atoms with Crippen LogP contribution in [-0.2, 0) is 4.84 Å². The van der Waals surface area contributed by atoms with Crippen LogP contribution in [0.4, 0.5) is 0 Å². The number of benzene rings is 1. The third-order valence-corrected chi connectivity index (χ3v) is 2.16. The van der Waals surface area contributed by atoms with Gasteiger partial charge in [-0.1, -0.05) is 12.1 Å². The van der Waals surface area contributed by atoms with E-state index in [0.717, 1.165) is 11.3 Å². The van der Waals surface area contributed by atoms with Gasteiger partial charge in [-0.2, -0.15) is 5.48 Å². The highest BCUT2D eigenvalue weighted by atomic mass is 16.7. The molecule has 0 radical (unpaired) electrons. The van der Waals surface area contributed by atoms with Gasteiger partial charge in [-0.25, -0.2) is 0 Å². The number of hydroxylamine groups is 1. The summed E-state index contributed by atoms with van der Waals surface area (Å²) in [6.45, 7) is 6.18. The van der Waals surface area contributed by atoms with Gasteiger partial charge in [0.25, 0.3) is 0 Å². The number of aliphatic hydroxyl groups excluding tert-OH is 1. The number of hydrogen-bond donors (Lipinski definition) is 2. The average Bonchev–Trinajstić information content (AvgIpc) is 2.27. The number of nitrogens with one attached hydrogen (secondary N) is 1. The van der Waals surface area contributed by atoms with Crippen molar-refractivity contribution in [2.24, 2.45) is 0 Å². The summed E-state index contributed by atoms with van der Waals surface area (Å²) in [7, 11) is 1.62. The minimum atomic E-state index is -0.594. The molecule has 0 saturated carbocycles. The van der Waals surface area contributed by atoms with E-state index in [1.54, 1.807) is 7.11 Å². The third kappa shape index (κ3) is 5.17. The van der Waals surface area contributed by atoms with Gasteiger partial charge in [0, 0.05) is 0 Å². The van der Waals surface area contributed by atoms with Gasteiger partial charge in [-0.05, 0) is 38.5 Å². The summed E-state index contributed by atoms with van der Waals surface area (Å²) in [6.07, 6.45) is -0.594. The normalized spacial score (nSPS) is 13.5. The zero-order valence-electron chi connectivity index (χ0n) is 10.9. The van der Waals surface area contributed by atoms with Crippen LogP contribution in [0, 0.1) is 0 Å². The smallest absolute Gasteiger partial charge is 0.118 e.